The molecular formula is C12H6Cl3N3O2S. The first kappa shape index (κ1) is 14.6. The Balaban J connectivity index is 1.72. The van der Waals surface area contributed by atoms with Crippen LogP contribution >= 0.6 is 46.1 Å². The molecule has 108 valence electrons. The van der Waals surface area contributed by atoms with Crippen LogP contribution in [0, 0.1) is 0 Å². The lowest BCUT2D eigenvalue weighted by Gasteiger charge is -2.05. The zero-order valence-electron chi connectivity index (χ0n) is 10.2. The van der Waals surface area contributed by atoms with Crippen molar-refractivity contribution in [3.8, 4) is 16.6 Å². The van der Waals surface area contributed by atoms with E-state index in [1.54, 1.807) is 0 Å². The van der Waals surface area contributed by atoms with Crippen LogP contribution in [0.4, 0.5) is 0 Å². The molecule has 0 aliphatic heterocycles. The summed E-state index contributed by atoms with van der Waals surface area (Å²) in [7, 11) is 0. The largest absolute Gasteiger partial charge is 0.466 e. The highest BCUT2D eigenvalue weighted by atomic mass is 35.5. The molecule has 3 rings (SSSR count). The Morgan fingerprint density at radius 2 is 2.05 bits per heavy atom. The van der Waals surface area contributed by atoms with Gasteiger partial charge in [-0.1, -0.05) is 40.9 Å². The average Bonchev–Trinajstić information content (AvgIpc) is 3.11. The van der Waals surface area contributed by atoms with Crippen LogP contribution in [-0.4, -0.2) is 15.2 Å². The van der Waals surface area contributed by atoms with Gasteiger partial charge >= 0.3 is 0 Å². The number of rotatable bonds is 4. The molecule has 0 unspecified atom stereocenters. The summed E-state index contributed by atoms with van der Waals surface area (Å²) in [4.78, 5) is 4.82. The SMILES string of the molecule is Clc1cc(Cl)c(OCc2nnc(-c3cccs3)o2)nc1Cl. The molecule has 0 aliphatic carbocycles. The van der Waals surface area contributed by atoms with Crippen LogP contribution < -0.4 is 4.74 Å². The summed E-state index contributed by atoms with van der Waals surface area (Å²) < 4.78 is 10.9. The van der Waals surface area contributed by atoms with Gasteiger partial charge in [0.1, 0.15) is 5.02 Å². The van der Waals surface area contributed by atoms with Gasteiger partial charge in [-0.3, -0.25) is 0 Å². The molecule has 0 bridgehead atoms. The highest BCUT2D eigenvalue weighted by molar-refractivity contribution is 7.13. The van der Waals surface area contributed by atoms with Gasteiger partial charge < -0.3 is 9.15 Å². The first-order valence-electron chi connectivity index (χ1n) is 5.64. The van der Waals surface area contributed by atoms with Crippen LogP contribution in [0.25, 0.3) is 10.8 Å². The number of halogens is 3. The summed E-state index contributed by atoms with van der Waals surface area (Å²) in [6, 6.07) is 5.25. The highest BCUT2D eigenvalue weighted by Crippen LogP contribution is 2.31. The van der Waals surface area contributed by atoms with Crippen LogP contribution in [0.3, 0.4) is 0 Å². The standard InChI is InChI=1S/C12H6Cl3N3O2S/c13-6-4-7(14)11(16-10(6)15)19-5-9-17-18-12(20-9)8-2-1-3-21-8/h1-4H,5H2. The van der Waals surface area contributed by atoms with Crippen LogP contribution in [0.2, 0.25) is 15.2 Å². The lowest BCUT2D eigenvalue weighted by atomic mass is 10.5. The van der Waals surface area contributed by atoms with Crippen molar-refractivity contribution >= 4 is 46.1 Å². The van der Waals surface area contributed by atoms with Gasteiger partial charge in [-0.25, -0.2) is 0 Å². The zero-order chi connectivity index (χ0) is 14.8. The third-order valence-corrected chi connectivity index (χ3v) is 4.19. The Kier molecular flexibility index (Phi) is 4.30. The number of nitrogens with zero attached hydrogens (tertiary/aromatic N) is 3. The third-order valence-electron chi connectivity index (χ3n) is 2.39. The van der Waals surface area contributed by atoms with Crippen molar-refractivity contribution in [3.63, 3.8) is 0 Å². The van der Waals surface area contributed by atoms with Gasteiger partial charge in [0.15, 0.2) is 11.8 Å². The predicted octanol–water partition coefficient (Wildman–Crippen LogP) is 4.73. The number of hydrogen-bond acceptors (Lipinski definition) is 6. The van der Waals surface area contributed by atoms with Crippen molar-refractivity contribution < 1.29 is 9.15 Å². The van der Waals surface area contributed by atoms with Gasteiger partial charge in [-0.2, -0.15) is 4.98 Å². The van der Waals surface area contributed by atoms with Crippen molar-refractivity contribution in [1.29, 1.82) is 0 Å². The van der Waals surface area contributed by atoms with Crippen molar-refractivity contribution in [2.75, 3.05) is 0 Å². The maximum atomic E-state index is 5.96. The summed E-state index contributed by atoms with van der Waals surface area (Å²) in [5.74, 6) is 0.904. The molecule has 0 spiro atoms. The number of aromatic nitrogens is 3. The van der Waals surface area contributed by atoms with Crippen molar-refractivity contribution in [2.45, 2.75) is 6.61 Å². The molecule has 3 heterocycles. The molecule has 0 N–H and O–H groups in total. The Labute approximate surface area is 138 Å². The second kappa shape index (κ2) is 6.19. The van der Waals surface area contributed by atoms with E-state index in [2.05, 4.69) is 15.2 Å². The van der Waals surface area contributed by atoms with E-state index in [-0.39, 0.29) is 27.7 Å². The molecule has 0 fully saturated rings. The van der Waals surface area contributed by atoms with Crippen LogP contribution in [0.5, 0.6) is 5.88 Å². The summed E-state index contributed by atoms with van der Waals surface area (Å²) in [6.45, 7) is 0.0308. The number of hydrogen-bond donors (Lipinski definition) is 0. The van der Waals surface area contributed by atoms with Crippen molar-refractivity contribution in [1.82, 2.24) is 15.2 Å². The monoisotopic (exact) mass is 361 g/mol. The van der Waals surface area contributed by atoms with Crippen molar-refractivity contribution in [2.24, 2.45) is 0 Å². The first-order valence-corrected chi connectivity index (χ1v) is 7.65. The molecule has 0 radical (unpaired) electrons. The van der Waals surface area contributed by atoms with E-state index in [1.807, 2.05) is 17.5 Å². The topological polar surface area (TPSA) is 61.0 Å². The summed E-state index contributed by atoms with van der Waals surface area (Å²) in [6.07, 6.45) is 0. The maximum absolute atomic E-state index is 5.96. The van der Waals surface area contributed by atoms with Crippen molar-refractivity contribution in [3.05, 3.63) is 44.7 Å². The molecule has 3 aromatic rings. The van der Waals surface area contributed by atoms with Gasteiger partial charge in [-0.15, -0.1) is 21.5 Å². The van der Waals surface area contributed by atoms with Crippen LogP contribution in [-0.2, 0) is 6.61 Å². The number of thiophene rings is 1. The fourth-order valence-corrected chi connectivity index (χ4v) is 2.66. The lowest BCUT2D eigenvalue weighted by Crippen LogP contribution is -1.98. The molecule has 0 aliphatic rings. The lowest BCUT2D eigenvalue weighted by molar-refractivity contribution is 0.255. The van der Waals surface area contributed by atoms with Crippen LogP contribution in [0.15, 0.2) is 28.0 Å². The number of pyridine rings is 1. The fraction of sp³-hybridized carbons (Fsp3) is 0.0833. The molecule has 21 heavy (non-hydrogen) atoms. The molecule has 5 nitrogen and oxygen atoms in total. The van der Waals surface area contributed by atoms with E-state index >= 15 is 0 Å². The molecule has 0 amide bonds. The molecule has 9 heteroatoms. The Hall–Kier alpha value is -1.34. The Morgan fingerprint density at radius 3 is 2.81 bits per heavy atom. The van der Waals surface area contributed by atoms with E-state index in [0.29, 0.717) is 11.8 Å². The minimum absolute atomic E-state index is 0.0308. The zero-order valence-corrected chi connectivity index (χ0v) is 13.3. The van der Waals surface area contributed by atoms with Gasteiger partial charge in [0, 0.05) is 0 Å². The van der Waals surface area contributed by atoms with E-state index in [0.717, 1.165) is 4.88 Å². The second-order valence-corrected chi connectivity index (χ2v) is 5.94. The number of ether oxygens (including phenoxy) is 1. The Morgan fingerprint density at radius 1 is 1.19 bits per heavy atom. The minimum atomic E-state index is 0.0308. The molecule has 0 aromatic carbocycles. The quantitative estimate of drug-likeness (QED) is 0.628. The van der Waals surface area contributed by atoms with Gasteiger partial charge in [0.05, 0.1) is 9.90 Å². The summed E-state index contributed by atoms with van der Waals surface area (Å²) >= 11 is 19.1. The average molecular weight is 363 g/mol. The predicted molar refractivity (Wildman–Crippen MR) is 81.2 cm³/mol. The normalized spacial score (nSPS) is 10.8. The van der Waals surface area contributed by atoms with Gasteiger partial charge in [-0.05, 0) is 17.5 Å². The van der Waals surface area contributed by atoms with E-state index in [9.17, 15) is 0 Å². The maximum Gasteiger partial charge on any atom is 0.257 e. The van der Waals surface area contributed by atoms with Crippen LogP contribution in [0.1, 0.15) is 5.89 Å². The summed E-state index contributed by atoms with van der Waals surface area (Å²) in [5.41, 5.74) is 0. The minimum Gasteiger partial charge on any atom is -0.466 e. The van der Waals surface area contributed by atoms with Gasteiger partial charge in [0.2, 0.25) is 5.88 Å². The summed E-state index contributed by atoms with van der Waals surface area (Å²) in [5, 5.41) is 10.4. The highest BCUT2D eigenvalue weighted by Gasteiger charge is 2.13. The molecule has 0 saturated carbocycles. The molecule has 3 aromatic heterocycles. The molecular weight excluding hydrogens is 357 g/mol. The van der Waals surface area contributed by atoms with E-state index in [1.165, 1.54) is 17.4 Å². The fourth-order valence-electron chi connectivity index (χ4n) is 1.47. The second-order valence-electron chi connectivity index (χ2n) is 3.81. The molecule has 0 saturated heterocycles. The first-order chi connectivity index (χ1) is 10.1. The third kappa shape index (κ3) is 3.29. The van der Waals surface area contributed by atoms with Gasteiger partial charge in [0.25, 0.3) is 11.8 Å². The molecule has 0 atom stereocenters. The Bertz CT molecular complexity index is 761. The van der Waals surface area contributed by atoms with E-state index in [4.69, 9.17) is 44.0 Å². The smallest absolute Gasteiger partial charge is 0.257 e. The van der Waals surface area contributed by atoms with E-state index < -0.39 is 0 Å².